The average molecular weight is 210 g/mol. The highest BCUT2D eigenvalue weighted by molar-refractivity contribution is 5.47. The van der Waals surface area contributed by atoms with Gasteiger partial charge in [-0.05, 0) is 18.6 Å². The molecule has 0 aromatic heterocycles. The molecule has 1 rings (SSSR count). The Balaban J connectivity index is 3.24. The van der Waals surface area contributed by atoms with Crippen LogP contribution in [0.5, 0.6) is 11.5 Å². The summed E-state index contributed by atoms with van der Waals surface area (Å²) in [5, 5.41) is 0. The zero-order valence-corrected chi connectivity index (χ0v) is 9.41. The van der Waals surface area contributed by atoms with E-state index in [1.165, 1.54) is 0 Å². The highest BCUT2D eigenvalue weighted by Gasteiger charge is 2.14. The molecule has 1 unspecified atom stereocenters. The second-order valence-corrected chi connectivity index (χ2v) is 3.40. The molecule has 0 aliphatic carbocycles. The molecule has 4 heteroatoms. The molecule has 4 nitrogen and oxygen atoms in total. The minimum Gasteiger partial charge on any atom is -0.497 e. The largest absolute Gasteiger partial charge is 0.497 e. The van der Waals surface area contributed by atoms with Crippen molar-refractivity contribution in [2.45, 2.75) is 13.0 Å². The fraction of sp³-hybridized carbons (Fsp3) is 0.455. The Kier molecular flexibility index (Phi) is 3.94. The van der Waals surface area contributed by atoms with Gasteiger partial charge in [0.1, 0.15) is 11.5 Å². The van der Waals surface area contributed by atoms with Crippen LogP contribution in [-0.2, 0) is 0 Å². The summed E-state index contributed by atoms with van der Waals surface area (Å²) in [5.74, 6) is 1.49. The highest BCUT2D eigenvalue weighted by Crippen LogP contribution is 2.31. The first-order chi connectivity index (χ1) is 7.13. The molecule has 0 spiro atoms. The lowest BCUT2D eigenvalue weighted by Crippen LogP contribution is -2.22. The average Bonchev–Trinajstić information content (AvgIpc) is 2.26. The fourth-order valence-corrected chi connectivity index (χ4v) is 1.61. The van der Waals surface area contributed by atoms with E-state index in [0.717, 1.165) is 22.6 Å². The zero-order valence-electron chi connectivity index (χ0n) is 9.41. The van der Waals surface area contributed by atoms with Gasteiger partial charge in [0.15, 0.2) is 0 Å². The molecule has 0 heterocycles. The molecule has 84 valence electrons. The van der Waals surface area contributed by atoms with Gasteiger partial charge in [-0.15, -0.1) is 0 Å². The number of hydrogen-bond donors (Lipinski definition) is 2. The minimum atomic E-state index is -0.203. The maximum absolute atomic E-state index is 5.92. The molecule has 1 atom stereocenters. The monoisotopic (exact) mass is 210 g/mol. The molecule has 1 aromatic carbocycles. The normalized spacial score (nSPS) is 12.3. The lowest BCUT2D eigenvalue weighted by molar-refractivity contribution is 0.388. The molecular weight excluding hydrogens is 192 g/mol. The second kappa shape index (κ2) is 5.00. The third-order valence-electron chi connectivity index (χ3n) is 2.40. The molecule has 0 bridgehead atoms. The van der Waals surface area contributed by atoms with E-state index in [4.69, 9.17) is 20.9 Å². The first kappa shape index (κ1) is 11.8. The first-order valence-electron chi connectivity index (χ1n) is 4.82. The number of hydrogen-bond acceptors (Lipinski definition) is 4. The van der Waals surface area contributed by atoms with Gasteiger partial charge in [-0.1, -0.05) is 0 Å². The maximum atomic E-state index is 5.92. The number of methoxy groups -OCH3 is 2. The van der Waals surface area contributed by atoms with E-state index in [-0.39, 0.29) is 6.04 Å². The molecular formula is C11H18N2O2. The molecule has 0 aliphatic heterocycles. The van der Waals surface area contributed by atoms with Gasteiger partial charge in [0.05, 0.1) is 14.2 Å². The van der Waals surface area contributed by atoms with Crippen LogP contribution in [0.25, 0.3) is 0 Å². The topological polar surface area (TPSA) is 70.5 Å². The van der Waals surface area contributed by atoms with Crippen LogP contribution in [0.4, 0.5) is 0 Å². The molecule has 1 aromatic rings. The van der Waals surface area contributed by atoms with Crippen molar-refractivity contribution in [1.29, 1.82) is 0 Å². The third kappa shape index (κ3) is 2.40. The number of aryl methyl sites for hydroxylation is 1. The van der Waals surface area contributed by atoms with E-state index in [9.17, 15) is 0 Å². The summed E-state index contributed by atoms with van der Waals surface area (Å²) >= 11 is 0. The van der Waals surface area contributed by atoms with Crippen molar-refractivity contribution in [1.82, 2.24) is 0 Å². The summed E-state index contributed by atoms with van der Waals surface area (Å²) in [6, 6.07) is 3.54. The van der Waals surface area contributed by atoms with Crippen LogP contribution >= 0.6 is 0 Å². The molecule has 0 fully saturated rings. The lowest BCUT2D eigenvalue weighted by Gasteiger charge is -2.17. The van der Waals surface area contributed by atoms with Gasteiger partial charge in [0.25, 0.3) is 0 Å². The van der Waals surface area contributed by atoms with E-state index in [0.29, 0.717) is 6.54 Å². The molecule has 0 aliphatic rings. The predicted molar refractivity (Wildman–Crippen MR) is 60.3 cm³/mol. The Hall–Kier alpha value is -1.26. The van der Waals surface area contributed by atoms with Crippen molar-refractivity contribution in [2.24, 2.45) is 11.5 Å². The molecule has 0 saturated carbocycles. The summed E-state index contributed by atoms with van der Waals surface area (Å²) in [6.07, 6.45) is 0. The van der Waals surface area contributed by atoms with Gasteiger partial charge < -0.3 is 20.9 Å². The van der Waals surface area contributed by atoms with Gasteiger partial charge in [-0.3, -0.25) is 0 Å². The SMILES string of the molecule is COc1cc(C)c(C(N)CN)c(OC)c1. The van der Waals surface area contributed by atoms with Crippen molar-refractivity contribution >= 4 is 0 Å². The summed E-state index contributed by atoms with van der Waals surface area (Å²) in [7, 11) is 3.23. The van der Waals surface area contributed by atoms with Crippen LogP contribution in [0.2, 0.25) is 0 Å². The lowest BCUT2D eigenvalue weighted by atomic mass is 10.0. The van der Waals surface area contributed by atoms with Gasteiger partial charge in [0.2, 0.25) is 0 Å². The van der Waals surface area contributed by atoms with Crippen LogP contribution in [0.3, 0.4) is 0 Å². The molecule has 4 N–H and O–H groups in total. The fourth-order valence-electron chi connectivity index (χ4n) is 1.61. The third-order valence-corrected chi connectivity index (χ3v) is 2.40. The Morgan fingerprint density at radius 1 is 1.27 bits per heavy atom. The van der Waals surface area contributed by atoms with Crippen LogP contribution in [0, 0.1) is 6.92 Å². The van der Waals surface area contributed by atoms with Crippen molar-refractivity contribution in [3.05, 3.63) is 23.3 Å². The standard InChI is InChI=1S/C11H18N2O2/c1-7-4-8(14-2)5-10(15-3)11(7)9(13)6-12/h4-5,9H,6,12-13H2,1-3H3. The van der Waals surface area contributed by atoms with E-state index < -0.39 is 0 Å². The second-order valence-electron chi connectivity index (χ2n) is 3.40. The number of rotatable bonds is 4. The highest BCUT2D eigenvalue weighted by atomic mass is 16.5. The first-order valence-corrected chi connectivity index (χ1v) is 4.82. The minimum absolute atomic E-state index is 0.203. The summed E-state index contributed by atoms with van der Waals surface area (Å²) in [5.41, 5.74) is 13.4. The number of benzene rings is 1. The Bertz CT molecular complexity index is 340. The number of nitrogens with two attached hydrogens (primary N) is 2. The Labute approximate surface area is 90.2 Å². The zero-order chi connectivity index (χ0) is 11.4. The molecule has 0 saturated heterocycles. The van der Waals surface area contributed by atoms with E-state index in [2.05, 4.69) is 0 Å². The Morgan fingerprint density at radius 3 is 2.40 bits per heavy atom. The van der Waals surface area contributed by atoms with Crippen LogP contribution in [-0.4, -0.2) is 20.8 Å². The number of ether oxygens (including phenoxy) is 2. The molecule has 0 radical (unpaired) electrons. The van der Waals surface area contributed by atoms with Gasteiger partial charge in [0, 0.05) is 24.2 Å². The van der Waals surface area contributed by atoms with E-state index >= 15 is 0 Å². The predicted octanol–water partition coefficient (Wildman–Crippen LogP) is 0.971. The van der Waals surface area contributed by atoms with Gasteiger partial charge in [-0.25, -0.2) is 0 Å². The van der Waals surface area contributed by atoms with Crippen LogP contribution < -0.4 is 20.9 Å². The van der Waals surface area contributed by atoms with Gasteiger partial charge in [-0.2, -0.15) is 0 Å². The Morgan fingerprint density at radius 2 is 1.93 bits per heavy atom. The van der Waals surface area contributed by atoms with Crippen molar-refractivity contribution in [3.8, 4) is 11.5 Å². The summed E-state index contributed by atoms with van der Waals surface area (Å²) < 4.78 is 10.4. The van der Waals surface area contributed by atoms with Crippen LogP contribution in [0.15, 0.2) is 12.1 Å². The van der Waals surface area contributed by atoms with Gasteiger partial charge >= 0.3 is 0 Å². The molecule has 15 heavy (non-hydrogen) atoms. The van der Waals surface area contributed by atoms with Crippen molar-refractivity contribution in [3.63, 3.8) is 0 Å². The quantitative estimate of drug-likeness (QED) is 0.777. The van der Waals surface area contributed by atoms with Crippen molar-refractivity contribution < 1.29 is 9.47 Å². The maximum Gasteiger partial charge on any atom is 0.127 e. The smallest absolute Gasteiger partial charge is 0.127 e. The van der Waals surface area contributed by atoms with Crippen LogP contribution in [0.1, 0.15) is 17.2 Å². The summed E-state index contributed by atoms with van der Waals surface area (Å²) in [6.45, 7) is 2.36. The van der Waals surface area contributed by atoms with E-state index in [1.54, 1.807) is 14.2 Å². The van der Waals surface area contributed by atoms with E-state index in [1.807, 2.05) is 19.1 Å². The molecule has 0 amide bonds. The summed E-state index contributed by atoms with van der Waals surface area (Å²) in [4.78, 5) is 0. The van der Waals surface area contributed by atoms with Crippen molar-refractivity contribution in [2.75, 3.05) is 20.8 Å².